The minimum atomic E-state index is -0.138. The van der Waals surface area contributed by atoms with E-state index in [1.165, 1.54) is 12.7 Å². The van der Waals surface area contributed by atoms with Gasteiger partial charge in [-0.25, -0.2) is 0 Å². The molecule has 0 saturated carbocycles. The molecule has 0 saturated heterocycles. The number of rotatable bonds is 6. The van der Waals surface area contributed by atoms with Crippen molar-refractivity contribution in [2.24, 2.45) is 0 Å². The minimum absolute atomic E-state index is 0.0408. The lowest BCUT2D eigenvalue weighted by Crippen LogP contribution is -2.41. The Hall–Kier alpha value is -2.17. The molecule has 3 rings (SSSR count). The van der Waals surface area contributed by atoms with Gasteiger partial charge >= 0.3 is 0 Å². The van der Waals surface area contributed by atoms with Crippen LogP contribution in [0.2, 0.25) is 0 Å². The molecule has 0 aliphatic heterocycles. The van der Waals surface area contributed by atoms with E-state index in [2.05, 4.69) is 29.6 Å². The van der Waals surface area contributed by atoms with Gasteiger partial charge in [0.1, 0.15) is 6.61 Å². The molecule has 4 nitrogen and oxygen atoms in total. The Labute approximate surface area is 142 Å². The van der Waals surface area contributed by atoms with Crippen LogP contribution in [0.5, 0.6) is 0 Å². The highest BCUT2D eigenvalue weighted by Crippen LogP contribution is 2.32. The first-order valence-corrected chi connectivity index (χ1v) is 8.29. The van der Waals surface area contributed by atoms with Crippen LogP contribution < -0.4 is 5.32 Å². The van der Waals surface area contributed by atoms with Gasteiger partial charge in [-0.15, -0.1) is 0 Å². The normalized spacial score (nSPS) is 19.5. The number of hydrogen-bond donors (Lipinski definition) is 1. The lowest BCUT2D eigenvalue weighted by Gasteiger charge is -2.34. The summed E-state index contributed by atoms with van der Waals surface area (Å²) in [6.07, 6.45) is 1.81. The van der Waals surface area contributed by atoms with Crippen LogP contribution in [0.1, 0.15) is 29.2 Å². The molecule has 0 radical (unpaired) electrons. The molecular weight excluding hydrogens is 302 g/mol. The Morgan fingerprint density at radius 3 is 2.67 bits per heavy atom. The van der Waals surface area contributed by atoms with E-state index < -0.39 is 0 Å². The maximum atomic E-state index is 12.0. The molecule has 0 unspecified atom stereocenters. The van der Waals surface area contributed by atoms with Crippen LogP contribution >= 0.6 is 0 Å². The Morgan fingerprint density at radius 2 is 1.88 bits per heavy atom. The molecular formula is C20H23NO3. The van der Waals surface area contributed by atoms with Gasteiger partial charge in [-0.2, -0.15) is 0 Å². The zero-order chi connectivity index (χ0) is 16.8. The van der Waals surface area contributed by atoms with E-state index in [1.807, 2.05) is 30.3 Å². The molecule has 0 bridgehead atoms. The number of hydrogen-bond acceptors (Lipinski definition) is 3. The third-order valence-corrected chi connectivity index (χ3v) is 4.36. The van der Waals surface area contributed by atoms with E-state index in [0.29, 0.717) is 6.61 Å². The zero-order valence-electron chi connectivity index (χ0n) is 13.9. The summed E-state index contributed by atoms with van der Waals surface area (Å²) in [5.41, 5.74) is 3.56. The number of carbonyl (C=O) groups is 1. The quantitative estimate of drug-likeness (QED) is 0.888. The second-order valence-electron chi connectivity index (χ2n) is 6.05. The van der Waals surface area contributed by atoms with Gasteiger partial charge < -0.3 is 14.8 Å². The van der Waals surface area contributed by atoms with Gasteiger partial charge in [-0.3, -0.25) is 4.79 Å². The summed E-state index contributed by atoms with van der Waals surface area (Å²) >= 11 is 0. The third-order valence-electron chi connectivity index (χ3n) is 4.36. The van der Waals surface area contributed by atoms with Crippen molar-refractivity contribution in [2.45, 2.75) is 31.6 Å². The molecule has 4 heteroatoms. The predicted molar refractivity (Wildman–Crippen MR) is 92.5 cm³/mol. The molecule has 0 heterocycles. The maximum absolute atomic E-state index is 12.0. The first-order chi connectivity index (χ1) is 11.8. The molecule has 1 amide bonds. The maximum Gasteiger partial charge on any atom is 0.246 e. The zero-order valence-corrected chi connectivity index (χ0v) is 13.9. The molecule has 126 valence electrons. The molecule has 24 heavy (non-hydrogen) atoms. The Bertz CT molecular complexity index is 672. The van der Waals surface area contributed by atoms with Gasteiger partial charge in [0.15, 0.2) is 0 Å². The van der Waals surface area contributed by atoms with E-state index in [0.717, 1.165) is 24.0 Å². The molecule has 1 aliphatic rings. The average Bonchev–Trinajstić information content (AvgIpc) is 2.62. The van der Waals surface area contributed by atoms with Gasteiger partial charge in [0.05, 0.1) is 18.8 Å². The van der Waals surface area contributed by atoms with Crippen LogP contribution in [-0.4, -0.2) is 25.7 Å². The highest BCUT2D eigenvalue weighted by molar-refractivity contribution is 5.77. The predicted octanol–water partition coefficient (Wildman–Crippen LogP) is 3.02. The van der Waals surface area contributed by atoms with Crippen molar-refractivity contribution in [3.8, 4) is 0 Å². The topological polar surface area (TPSA) is 47.6 Å². The summed E-state index contributed by atoms with van der Waals surface area (Å²) in [7, 11) is 1.53. The van der Waals surface area contributed by atoms with E-state index in [-0.39, 0.29) is 24.7 Å². The van der Waals surface area contributed by atoms with Crippen LogP contribution in [0, 0.1) is 0 Å². The summed E-state index contributed by atoms with van der Waals surface area (Å²) in [4.78, 5) is 12.0. The SMILES string of the molecule is COCC(=O)N[C@@H]1c2ccccc2CC[C@@H]1OCc1ccccc1. The van der Waals surface area contributed by atoms with Gasteiger partial charge in [0.2, 0.25) is 5.91 Å². The number of carbonyl (C=O) groups excluding carboxylic acids is 1. The first-order valence-electron chi connectivity index (χ1n) is 8.29. The second-order valence-corrected chi connectivity index (χ2v) is 6.05. The number of aryl methyl sites for hydroxylation is 1. The van der Waals surface area contributed by atoms with Crippen molar-refractivity contribution in [1.82, 2.24) is 5.32 Å². The fourth-order valence-corrected chi connectivity index (χ4v) is 3.20. The third kappa shape index (κ3) is 4.02. The Kier molecular flexibility index (Phi) is 5.62. The van der Waals surface area contributed by atoms with Crippen molar-refractivity contribution in [3.63, 3.8) is 0 Å². The number of methoxy groups -OCH3 is 1. The van der Waals surface area contributed by atoms with Crippen LogP contribution in [0.4, 0.5) is 0 Å². The first kappa shape index (κ1) is 16.7. The number of fused-ring (bicyclic) bond motifs is 1. The van der Waals surface area contributed by atoms with E-state index in [4.69, 9.17) is 9.47 Å². The fraction of sp³-hybridized carbons (Fsp3) is 0.350. The second kappa shape index (κ2) is 8.08. The van der Waals surface area contributed by atoms with E-state index in [1.54, 1.807) is 0 Å². The summed E-state index contributed by atoms with van der Waals surface area (Å²) in [5.74, 6) is -0.118. The summed E-state index contributed by atoms with van der Waals surface area (Å²) in [5, 5.41) is 3.07. The standard InChI is InChI=1S/C20H23NO3/c1-23-14-19(22)21-20-17-10-6-5-9-16(17)11-12-18(20)24-13-15-7-3-2-4-8-15/h2-10,18,20H,11-14H2,1H3,(H,21,22)/t18-,20+/m0/s1. The number of benzene rings is 2. The summed E-state index contributed by atoms with van der Waals surface area (Å²) < 4.78 is 11.1. The molecule has 1 N–H and O–H groups in total. The van der Waals surface area contributed by atoms with Crippen LogP contribution in [-0.2, 0) is 27.3 Å². The van der Waals surface area contributed by atoms with E-state index in [9.17, 15) is 4.79 Å². The summed E-state index contributed by atoms with van der Waals surface area (Å²) in [6.45, 7) is 0.606. The highest BCUT2D eigenvalue weighted by atomic mass is 16.5. The largest absolute Gasteiger partial charge is 0.375 e. The van der Waals surface area contributed by atoms with Crippen molar-refractivity contribution >= 4 is 5.91 Å². The van der Waals surface area contributed by atoms with Gasteiger partial charge in [-0.1, -0.05) is 54.6 Å². The van der Waals surface area contributed by atoms with Crippen LogP contribution in [0.3, 0.4) is 0 Å². The molecule has 2 atom stereocenters. The minimum Gasteiger partial charge on any atom is -0.375 e. The average molecular weight is 325 g/mol. The fourth-order valence-electron chi connectivity index (χ4n) is 3.20. The molecule has 0 fully saturated rings. The molecule has 0 spiro atoms. The van der Waals surface area contributed by atoms with Crippen molar-refractivity contribution in [2.75, 3.05) is 13.7 Å². The smallest absolute Gasteiger partial charge is 0.246 e. The van der Waals surface area contributed by atoms with Crippen molar-refractivity contribution < 1.29 is 14.3 Å². The van der Waals surface area contributed by atoms with Crippen molar-refractivity contribution in [3.05, 3.63) is 71.3 Å². The lowest BCUT2D eigenvalue weighted by molar-refractivity contribution is -0.127. The number of ether oxygens (including phenoxy) is 2. The molecule has 0 aromatic heterocycles. The molecule has 1 aliphatic carbocycles. The number of amides is 1. The molecule has 2 aromatic rings. The van der Waals surface area contributed by atoms with Gasteiger partial charge in [0.25, 0.3) is 0 Å². The highest BCUT2D eigenvalue weighted by Gasteiger charge is 2.31. The van der Waals surface area contributed by atoms with Gasteiger partial charge in [0, 0.05) is 7.11 Å². The number of nitrogens with one attached hydrogen (secondary N) is 1. The Balaban J connectivity index is 1.75. The molecule has 2 aromatic carbocycles. The van der Waals surface area contributed by atoms with Crippen molar-refractivity contribution in [1.29, 1.82) is 0 Å². The van der Waals surface area contributed by atoms with Crippen LogP contribution in [0.25, 0.3) is 0 Å². The Morgan fingerprint density at radius 1 is 1.12 bits per heavy atom. The van der Waals surface area contributed by atoms with Crippen LogP contribution in [0.15, 0.2) is 54.6 Å². The van der Waals surface area contributed by atoms with E-state index >= 15 is 0 Å². The summed E-state index contributed by atoms with van der Waals surface area (Å²) in [6, 6.07) is 18.2. The monoisotopic (exact) mass is 325 g/mol. The lowest BCUT2D eigenvalue weighted by atomic mass is 9.85. The van der Waals surface area contributed by atoms with Gasteiger partial charge in [-0.05, 0) is 29.5 Å².